The number of aromatic nitrogens is 3. The smallest absolute Gasteiger partial charge is 0.262 e. The van der Waals surface area contributed by atoms with Crippen molar-refractivity contribution in [2.24, 2.45) is 0 Å². The summed E-state index contributed by atoms with van der Waals surface area (Å²) in [6, 6.07) is 2.17. The highest BCUT2D eigenvalue weighted by atomic mass is 16.1. The minimum Gasteiger partial charge on any atom is -0.330 e. The molecule has 80 valence electrons. The van der Waals surface area contributed by atoms with Gasteiger partial charge in [-0.2, -0.15) is 0 Å². The summed E-state index contributed by atoms with van der Waals surface area (Å²) < 4.78 is 3.63. The number of nitrogens with zero attached hydrogens (tertiary/aromatic N) is 3. The van der Waals surface area contributed by atoms with Crippen molar-refractivity contribution in [2.75, 3.05) is 0 Å². The zero-order valence-corrected chi connectivity index (χ0v) is 9.27. The molecule has 2 rings (SSSR count). The van der Waals surface area contributed by atoms with Gasteiger partial charge in [0.1, 0.15) is 5.65 Å². The van der Waals surface area contributed by atoms with E-state index in [0.29, 0.717) is 18.0 Å². The molecule has 15 heavy (non-hydrogen) atoms. The lowest BCUT2D eigenvalue weighted by molar-refractivity contribution is 0.614. The lowest BCUT2D eigenvalue weighted by Crippen LogP contribution is -2.19. The van der Waals surface area contributed by atoms with Crippen LogP contribution in [0.5, 0.6) is 0 Å². The molecule has 0 unspecified atom stereocenters. The first kappa shape index (κ1) is 9.96. The zero-order chi connectivity index (χ0) is 11.0. The van der Waals surface area contributed by atoms with Crippen molar-refractivity contribution in [1.82, 2.24) is 14.1 Å². The van der Waals surface area contributed by atoms with Crippen molar-refractivity contribution in [2.45, 2.75) is 33.4 Å². The fourth-order valence-electron chi connectivity index (χ4n) is 1.72. The molecule has 0 spiro atoms. The van der Waals surface area contributed by atoms with Gasteiger partial charge in [0.2, 0.25) is 0 Å². The molecule has 0 aliphatic carbocycles. The van der Waals surface area contributed by atoms with E-state index in [0.717, 1.165) is 5.65 Å². The largest absolute Gasteiger partial charge is 0.330 e. The Bertz CT molecular complexity index is 536. The third kappa shape index (κ3) is 1.46. The number of aryl methyl sites for hydroxylation is 1. The Kier molecular flexibility index (Phi) is 2.34. The highest BCUT2D eigenvalue weighted by molar-refractivity contribution is 5.74. The summed E-state index contributed by atoms with van der Waals surface area (Å²) >= 11 is 0. The molecule has 0 atom stereocenters. The molecule has 2 aromatic heterocycles. The molecule has 4 nitrogen and oxygen atoms in total. The van der Waals surface area contributed by atoms with Crippen molar-refractivity contribution in [3.63, 3.8) is 0 Å². The van der Waals surface area contributed by atoms with Crippen molar-refractivity contribution in [3.8, 4) is 0 Å². The number of fused-ring (bicyclic) bond motifs is 1. The molecule has 0 radical (unpaired) electrons. The second kappa shape index (κ2) is 3.53. The first-order valence-corrected chi connectivity index (χ1v) is 5.21. The quantitative estimate of drug-likeness (QED) is 0.750. The topological polar surface area (TPSA) is 39.8 Å². The van der Waals surface area contributed by atoms with Crippen molar-refractivity contribution >= 4 is 11.0 Å². The summed E-state index contributed by atoms with van der Waals surface area (Å²) in [6.45, 7) is 6.75. The van der Waals surface area contributed by atoms with Crippen LogP contribution < -0.4 is 5.56 Å². The summed E-state index contributed by atoms with van der Waals surface area (Å²) in [5, 5.41) is 0.702. The highest BCUT2D eigenvalue weighted by Crippen LogP contribution is 2.14. The molecule has 0 fully saturated rings. The summed E-state index contributed by atoms with van der Waals surface area (Å²) in [6.07, 6.45) is 3.54. The van der Waals surface area contributed by atoms with Crippen molar-refractivity contribution in [3.05, 3.63) is 28.9 Å². The van der Waals surface area contributed by atoms with Crippen molar-refractivity contribution in [1.29, 1.82) is 0 Å². The van der Waals surface area contributed by atoms with Crippen LogP contribution >= 0.6 is 0 Å². The molecule has 0 saturated carbocycles. The van der Waals surface area contributed by atoms with E-state index in [1.54, 1.807) is 10.9 Å². The normalized spacial score (nSPS) is 11.5. The van der Waals surface area contributed by atoms with E-state index < -0.39 is 0 Å². The lowest BCUT2D eigenvalue weighted by Gasteiger charge is -2.08. The molecule has 2 heterocycles. The molecule has 0 aromatic carbocycles. The van der Waals surface area contributed by atoms with Gasteiger partial charge < -0.3 is 4.57 Å². The van der Waals surface area contributed by atoms with E-state index in [1.165, 1.54) is 0 Å². The molecular weight excluding hydrogens is 190 g/mol. The second-order valence-electron chi connectivity index (χ2n) is 3.89. The molecule has 0 N–H and O–H groups in total. The SMILES string of the molecule is CCn1cnc2c(ccn2C(C)C)c1=O. The van der Waals surface area contributed by atoms with E-state index in [2.05, 4.69) is 18.8 Å². The first-order chi connectivity index (χ1) is 7.15. The van der Waals surface area contributed by atoms with Crippen LogP contribution in [0.3, 0.4) is 0 Å². The monoisotopic (exact) mass is 205 g/mol. The summed E-state index contributed by atoms with van der Waals surface area (Å²) in [5.74, 6) is 0. The third-order valence-electron chi connectivity index (χ3n) is 2.59. The molecule has 0 aliphatic heterocycles. The third-order valence-corrected chi connectivity index (χ3v) is 2.59. The van der Waals surface area contributed by atoms with Gasteiger partial charge in [-0.25, -0.2) is 4.98 Å². The molecule has 0 bridgehead atoms. The van der Waals surface area contributed by atoms with Gasteiger partial charge in [-0.15, -0.1) is 0 Å². The maximum atomic E-state index is 11.9. The molecule has 4 heteroatoms. The summed E-state index contributed by atoms with van der Waals surface area (Å²) in [7, 11) is 0. The average molecular weight is 205 g/mol. The number of rotatable bonds is 2. The van der Waals surface area contributed by atoms with Crippen LogP contribution in [0.15, 0.2) is 23.4 Å². The van der Waals surface area contributed by atoms with Crippen LogP contribution in [0, 0.1) is 0 Å². The van der Waals surface area contributed by atoms with Crippen LogP contribution in [0.1, 0.15) is 26.8 Å². The molecule has 0 amide bonds. The molecule has 2 aromatic rings. The second-order valence-corrected chi connectivity index (χ2v) is 3.89. The van der Waals surface area contributed by atoms with Gasteiger partial charge in [-0.05, 0) is 26.8 Å². The van der Waals surface area contributed by atoms with Gasteiger partial charge >= 0.3 is 0 Å². The molecular formula is C11H15N3O. The van der Waals surface area contributed by atoms with Crippen LogP contribution in [-0.4, -0.2) is 14.1 Å². The van der Waals surface area contributed by atoms with E-state index in [4.69, 9.17) is 0 Å². The summed E-state index contributed by atoms with van der Waals surface area (Å²) in [4.78, 5) is 16.2. The minimum absolute atomic E-state index is 0.0434. The van der Waals surface area contributed by atoms with Crippen LogP contribution in [0.4, 0.5) is 0 Å². The van der Waals surface area contributed by atoms with Crippen LogP contribution in [0.25, 0.3) is 11.0 Å². The Balaban J connectivity index is 2.76. The van der Waals surface area contributed by atoms with E-state index in [-0.39, 0.29) is 5.56 Å². The fourth-order valence-corrected chi connectivity index (χ4v) is 1.72. The maximum absolute atomic E-state index is 11.9. The Labute approximate surface area is 88.2 Å². The highest BCUT2D eigenvalue weighted by Gasteiger charge is 2.09. The lowest BCUT2D eigenvalue weighted by atomic mass is 10.4. The van der Waals surface area contributed by atoms with Gasteiger partial charge in [0.05, 0.1) is 11.7 Å². The van der Waals surface area contributed by atoms with E-state index in [9.17, 15) is 4.79 Å². The van der Waals surface area contributed by atoms with Crippen LogP contribution in [0.2, 0.25) is 0 Å². The number of hydrogen-bond acceptors (Lipinski definition) is 2. The first-order valence-electron chi connectivity index (χ1n) is 5.21. The maximum Gasteiger partial charge on any atom is 0.262 e. The Morgan fingerprint density at radius 1 is 1.47 bits per heavy atom. The Hall–Kier alpha value is -1.58. The molecule has 0 saturated heterocycles. The average Bonchev–Trinajstić information content (AvgIpc) is 2.62. The minimum atomic E-state index is 0.0434. The van der Waals surface area contributed by atoms with E-state index in [1.807, 2.05) is 23.8 Å². The van der Waals surface area contributed by atoms with Gasteiger partial charge in [0.15, 0.2) is 0 Å². The van der Waals surface area contributed by atoms with Gasteiger partial charge in [0, 0.05) is 18.8 Å². The van der Waals surface area contributed by atoms with Crippen molar-refractivity contribution < 1.29 is 0 Å². The fraction of sp³-hybridized carbons (Fsp3) is 0.455. The predicted octanol–water partition coefficient (Wildman–Crippen LogP) is 1.80. The Morgan fingerprint density at radius 2 is 2.20 bits per heavy atom. The van der Waals surface area contributed by atoms with Gasteiger partial charge in [-0.3, -0.25) is 9.36 Å². The standard InChI is InChI=1S/C11H15N3O/c1-4-13-7-12-10-9(11(13)15)5-6-14(10)8(2)3/h5-8H,4H2,1-3H3. The van der Waals surface area contributed by atoms with Gasteiger partial charge in [-0.1, -0.05) is 0 Å². The molecule has 0 aliphatic rings. The Morgan fingerprint density at radius 3 is 2.80 bits per heavy atom. The van der Waals surface area contributed by atoms with Crippen LogP contribution in [-0.2, 0) is 6.54 Å². The van der Waals surface area contributed by atoms with Gasteiger partial charge in [0.25, 0.3) is 5.56 Å². The zero-order valence-electron chi connectivity index (χ0n) is 9.27. The van der Waals surface area contributed by atoms with E-state index >= 15 is 0 Å². The summed E-state index contributed by atoms with van der Waals surface area (Å²) in [5.41, 5.74) is 0.821. The predicted molar refractivity (Wildman–Crippen MR) is 60.1 cm³/mol. The number of hydrogen-bond donors (Lipinski definition) is 0.